The summed E-state index contributed by atoms with van der Waals surface area (Å²) in [6, 6.07) is 0. The Kier molecular flexibility index (Phi) is 15.6. The van der Waals surface area contributed by atoms with Crippen LogP contribution in [0.3, 0.4) is 0 Å². The SMILES string of the molecule is C=CCOC(=O)/C=C\C(=O)OCCCCCCCCCCCC. The van der Waals surface area contributed by atoms with Crippen LogP contribution in [0.15, 0.2) is 24.8 Å². The highest BCUT2D eigenvalue weighted by atomic mass is 16.5. The molecule has 0 bridgehead atoms. The van der Waals surface area contributed by atoms with Gasteiger partial charge in [-0.3, -0.25) is 0 Å². The highest BCUT2D eigenvalue weighted by molar-refractivity contribution is 5.91. The second kappa shape index (κ2) is 16.8. The zero-order valence-electron chi connectivity index (χ0n) is 14.6. The largest absolute Gasteiger partial charge is 0.463 e. The molecule has 0 saturated carbocycles. The molecule has 0 amide bonds. The van der Waals surface area contributed by atoms with Gasteiger partial charge in [0.15, 0.2) is 0 Å². The first-order chi connectivity index (χ1) is 11.2. The van der Waals surface area contributed by atoms with Gasteiger partial charge in [-0.05, 0) is 6.42 Å². The van der Waals surface area contributed by atoms with Gasteiger partial charge in [0.25, 0.3) is 0 Å². The maximum atomic E-state index is 11.3. The van der Waals surface area contributed by atoms with E-state index >= 15 is 0 Å². The molecular weight excluding hydrogens is 292 g/mol. The summed E-state index contributed by atoms with van der Waals surface area (Å²) in [5, 5.41) is 0. The van der Waals surface area contributed by atoms with E-state index in [1.165, 1.54) is 57.4 Å². The van der Waals surface area contributed by atoms with Crippen molar-refractivity contribution < 1.29 is 19.1 Å². The molecule has 0 aromatic heterocycles. The minimum Gasteiger partial charge on any atom is -0.463 e. The van der Waals surface area contributed by atoms with E-state index in [4.69, 9.17) is 9.47 Å². The van der Waals surface area contributed by atoms with E-state index in [1.54, 1.807) is 0 Å². The molecule has 0 saturated heterocycles. The summed E-state index contributed by atoms with van der Waals surface area (Å²) in [5.41, 5.74) is 0. The molecule has 0 heterocycles. The Hall–Kier alpha value is -1.58. The van der Waals surface area contributed by atoms with E-state index in [2.05, 4.69) is 13.5 Å². The molecule has 0 aliphatic rings. The predicted molar refractivity (Wildman–Crippen MR) is 93.1 cm³/mol. The van der Waals surface area contributed by atoms with Crippen molar-refractivity contribution in [3.63, 3.8) is 0 Å². The minimum absolute atomic E-state index is 0.136. The Labute approximate surface area is 140 Å². The summed E-state index contributed by atoms with van der Waals surface area (Å²) < 4.78 is 9.72. The first-order valence-electron chi connectivity index (χ1n) is 8.83. The average Bonchev–Trinajstić information content (AvgIpc) is 2.56. The fourth-order valence-corrected chi connectivity index (χ4v) is 2.14. The van der Waals surface area contributed by atoms with E-state index in [-0.39, 0.29) is 6.61 Å². The fraction of sp³-hybridized carbons (Fsp3) is 0.684. The van der Waals surface area contributed by atoms with Crippen LogP contribution in [0.1, 0.15) is 71.1 Å². The zero-order valence-corrected chi connectivity index (χ0v) is 14.6. The molecule has 0 atom stereocenters. The lowest BCUT2D eigenvalue weighted by molar-refractivity contribution is -0.140. The van der Waals surface area contributed by atoms with Crippen LogP contribution in [-0.2, 0) is 19.1 Å². The lowest BCUT2D eigenvalue weighted by Crippen LogP contribution is -2.05. The fourth-order valence-electron chi connectivity index (χ4n) is 2.14. The summed E-state index contributed by atoms with van der Waals surface area (Å²) in [7, 11) is 0. The third kappa shape index (κ3) is 16.6. The van der Waals surface area contributed by atoms with E-state index in [0.29, 0.717) is 6.61 Å². The summed E-state index contributed by atoms with van der Waals surface area (Å²) >= 11 is 0. The smallest absolute Gasteiger partial charge is 0.331 e. The Bertz CT molecular complexity index is 347. The third-order valence-corrected chi connectivity index (χ3v) is 3.44. The molecule has 0 aliphatic carbocycles. The van der Waals surface area contributed by atoms with Gasteiger partial charge < -0.3 is 9.47 Å². The first-order valence-corrected chi connectivity index (χ1v) is 8.83. The maximum absolute atomic E-state index is 11.3. The van der Waals surface area contributed by atoms with E-state index < -0.39 is 11.9 Å². The van der Waals surface area contributed by atoms with Crippen LogP contribution in [0.2, 0.25) is 0 Å². The molecular formula is C19H32O4. The van der Waals surface area contributed by atoms with Crippen LogP contribution < -0.4 is 0 Å². The lowest BCUT2D eigenvalue weighted by atomic mass is 10.1. The lowest BCUT2D eigenvalue weighted by Gasteiger charge is -2.03. The molecule has 4 nitrogen and oxygen atoms in total. The third-order valence-electron chi connectivity index (χ3n) is 3.44. The number of rotatable bonds is 15. The Morgan fingerprint density at radius 2 is 1.26 bits per heavy atom. The van der Waals surface area contributed by atoms with Crippen molar-refractivity contribution in [3.8, 4) is 0 Å². The molecule has 0 fully saturated rings. The molecule has 132 valence electrons. The monoisotopic (exact) mass is 324 g/mol. The van der Waals surface area contributed by atoms with Crippen LogP contribution in [0.4, 0.5) is 0 Å². The van der Waals surface area contributed by atoms with Crippen molar-refractivity contribution in [2.24, 2.45) is 0 Å². The molecule has 0 aromatic carbocycles. The minimum atomic E-state index is -0.569. The topological polar surface area (TPSA) is 52.6 Å². The Morgan fingerprint density at radius 1 is 0.783 bits per heavy atom. The van der Waals surface area contributed by atoms with Crippen molar-refractivity contribution in [1.29, 1.82) is 0 Å². The molecule has 0 spiro atoms. The molecule has 0 aliphatic heterocycles. The van der Waals surface area contributed by atoms with Crippen molar-refractivity contribution in [1.82, 2.24) is 0 Å². The zero-order chi connectivity index (χ0) is 17.2. The van der Waals surface area contributed by atoms with Crippen molar-refractivity contribution in [2.45, 2.75) is 71.1 Å². The van der Waals surface area contributed by atoms with E-state index in [1.807, 2.05) is 0 Å². The Balaban J connectivity index is 3.37. The van der Waals surface area contributed by atoms with Crippen molar-refractivity contribution >= 4 is 11.9 Å². The van der Waals surface area contributed by atoms with Gasteiger partial charge in [0.05, 0.1) is 6.61 Å². The number of ether oxygens (including phenoxy) is 2. The quantitative estimate of drug-likeness (QED) is 0.189. The second-order valence-electron chi connectivity index (χ2n) is 5.60. The van der Waals surface area contributed by atoms with E-state index in [9.17, 15) is 9.59 Å². The van der Waals surface area contributed by atoms with Crippen LogP contribution in [0.25, 0.3) is 0 Å². The van der Waals surface area contributed by atoms with Crippen LogP contribution in [0, 0.1) is 0 Å². The molecule has 0 radical (unpaired) electrons. The van der Waals surface area contributed by atoms with Gasteiger partial charge in [0, 0.05) is 12.2 Å². The summed E-state index contributed by atoms with van der Waals surface area (Å²) in [5.74, 6) is -1.07. The number of unbranched alkanes of at least 4 members (excludes halogenated alkanes) is 9. The molecule has 0 aromatic rings. The van der Waals surface area contributed by atoms with Crippen LogP contribution in [-0.4, -0.2) is 25.2 Å². The van der Waals surface area contributed by atoms with Gasteiger partial charge >= 0.3 is 11.9 Å². The molecule has 0 unspecified atom stereocenters. The molecule has 4 heteroatoms. The van der Waals surface area contributed by atoms with Gasteiger partial charge in [-0.25, -0.2) is 9.59 Å². The molecule has 0 N–H and O–H groups in total. The molecule has 0 rings (SSSR count). The highest BCUT2D eigenvalue weighted by Crippen LogP contribution is 2.10. The van der Waals surface area contributed by atoms with Crippen LogP contribution >= 0.6 is 0 Å². The van der Waals surface area contributed by atoms with E-state index in [0.717, 1.165) is 25.0 Å². The maximum Gasteiger partial charge on any atom is 0.331 e. The number of hydrogen-bond donors (Lipinski definition) is 0. The number of carbonyl (C=O) groups excluding carboxylic acids is 2. The number of carbonyl (C=O) groups is 2. The second-order valence-corrected chi connectivity index (χ2v) is 5.60. The highest BCUT2D eigenvalue weighted by Gasteiger charge is 2.00. The van der Waals surface area contributed by atoms with Gasteiger partial charge in [-0.1, -0.05) is 77.4 Å². The van der Waals surface area contributed by atoms with Crippen molar-refractivity contribution in [2.75, 3.05) is 13.2 Å². The summed E-state index contributed by atoms with van der Waals surface area (Å²) in [4.78, 5) is 22.4. The summed E-state index contributed by atoms with van der Waals surface area (Å²) in [6.07, 6.45) is 16.0. The van der Waals surface area contributed by atoms with Gasteiger partial charge in [-0.2, -0.15) is 0 Å². The van der Waals surface area contributed by atoms with Gasteiger partial charge in [0.2, 0.25) is 0 Å². The predicted octanol–water partition coefficient (Wildman–Crippen LogP) is 4.74. The average molecular weight is 324 g/mol. The van der Waals surface area contributed by atoms with Gasteiger partial charge in [0.1, 0.15) is 6.61 Å². The van der Waals surface area contributed by atoms with Crippen molar-refractivity contribution in [3.05, 3.63) is 24.8 Å². The summed E-state index contributed by atoms with van der Waals surface area (Å²) in [6.45, 7) is 6.20. The Morgan fingerprint density at radius 3 is 1.78 bits per heavy atom. The molecule has 23 heavy (non-hydrogen) atoms. The standard InChI is InChI=1S/C19H32O4/c1-3-5-6-7-8-9-10-11-12-13-17-23-19(21)15-14-18(20)22-16-4-2/h4,14-15H,2-3,5-13,16-17H2,1H3/b15-14-. The first kappa shape index (κ1) is 21.4. The number of hydrogen-bond acceptors (Lipinski definition) is 4. The number of esters is 2. The normalized spacial score (nSPS) is 10.7. The van der Waals surface area contributed by atoms with Gasteiger partial charge in [-0.15, -0.1) is 0 Å². The van der Waals surface area contributed by atoms with Crippen LogP contribution in [0.5, 0.6) is 0 Å².